The number of piperidine rings is 1. The van der Waals surface area contributed by atoms with Crippen molar-refractivity contribution in [1.29, 1.82) is 0 Å². The Labute approximate surface area is 116 Å². The molecule has 3 rings (SSSR count). The quantitative estimate of drug-likeness (QED) is 0.802. The number of pyridine rings is 1. The molecule has 6 heteroatoms. The number of aliphatic hydroxyl groups is 1. The van der Waals surface area contributed by atoms with E-state index in [-0.39, 0.29) is 12.3 Å². The highest BCUT2D eigenvalue weighted by Gasteiger charge is 2.57. The Morgan fingerprint density at radius 1 is 1.45 bits per heavy atom. The number of carbonyl (C=O) groups excluding carboxylic acids is 1. The Morgan fingerprint density at radius 2 is 2.25 bits per heavy atom. The van der Waals surface area contributed by atoms with Gasteiger partial charge in [-0.1, -0.05) is 6.07 Å². The largest absolute Gasteiger partial charge is 0.480 e. The van der Waals surface area contributed by atoms with Crippen LogP contribution in [0, 0.1) is 11.8 Å². The van der Waals surface area contributed by atoms with Crippen LogP contribution in [-0.2, 0) is 16.0 Å². The average molecular weight is 276 g/mol. The second-order valence-corrected chi connectivity index (χ2v) is 5.47. The first-order valence-corrected chi connectivity index (χ1v) is 6.69. The van der Waals surface area contributed by atoms with Crippen molar-refractivity contribution < 1.29 is 19.8 Å². The minimum Gasteiger partial charge on any atom is -0.480 e. The van der Waals surface area contributed by atoms with Crippen molar-refractivity contribution in [2.75, 3.05) is 6.54 Å². The van der Waals surface area contributed by atoms with E-state index in [1.807, 2.05) is 0 Å². The zero-order chi connectivity index (χ0) is 14.3. The number of aromatic nitrogens is 1. The molecular weight excluding hydrogens is 260 g/mol. The van der Waals surface area contributed by atoms with Crippen LogP contribution in [0.5, 0.6) is 0 Å². The van der Waals surface area contributed by atoms with Gasteiger partial charge in [0.1, 0.15) is 12.1 Å². The summed E-state index contributed by atoms with van der Waals surface area (Å²) in [6, 6.07) is 4.49. The van der Waals surface area contributed by atoms with E-state index >= 15 is 0 Å². The van der Waals surface area contributed by atoms with Crippen molar-refractivity contribution in [2.24, 2.45) is 11.8 Å². The molecule has 1 saturated heterocycles. The SMILES string of the molecule is O=C(O)[C@@H]1[C@H]2C[C@H]2CN1C(=O)C(O)Cc1ccccn1. The number of carboxylic acid groups (broad SMARTS) is 1. The minimum absolute atomic E-state index is 0.0681. The lowest BCUT2D eigenvalue weighted by atomic mass is 10.1. The van der Waals surface area contributed by atoms with Crippen molar-refractivity contribution in [3.05, 3.63) is 30.1 Å². The third kappa shape index (κ3) is 2.27. The summed E-state index contributed by atoms with van der Waals surface area (Å²) in [6.45, 7) is 0.444. The van der Waals surface area contributed by atoms with Crippen molar-refractivity contribution >= 4 is 11.9 Å². The van der Waals surface area contributed by atoms with Gasteiger partial charge >= 0.3 is 5.97 Å². The van der Waals surface area contributed by atoms with Gasteiger partial charge in [0.05, 0.1) is 0 Å². The van der Waals surface area contributed by atoms with Crippen molar-refractivity contribution in [3.63, 3.8) is 0 Å². The van der Waals surface area contributed by atoms with Gasteiger partial charge in [-0.2, -0.15) is 0 Å². The molecule has 4 atom stereocenters. The molecule has 1 unspecified atom stereocenters. The minimum atomic E-state index is -1.23. The Morgan fingerprint density at radius 3 is 2.90 bits per heavy atom. The molecule has 2 N–H and O–H groups in total. The lowest BCUT2D eigenvalue weighted by Gasteiger charge is -2.26. The molecule has 106 valence electrons. The molecule has 20 heavy (non-hydrogen) atoms. The summed E-state index contributed by atoms with van der Waals surface area (Å²) in [5, 5.41) is 19.2. The Kier molecular flexibility index (Phi) is 3.17. The van der Waals surface area contributed by atoms with Gasteiger partial charge in [0.25, 0.3) is 5.91 Å². The summed E-state index contributed by atoms with van der Waals surface area (Å²) in [7, 11) is 0. The van der Waals surface area contributed by atoms with Crippen LogP contribution in [0.4, 0.5) is 0 Å². The molecule has 1 aromatic heterocycles. The zero-order valence-electron chi connectivity index (χ0n) is 10.8. The van der Waals surface area contributed by atoms with Crippen molar-refractivity contribution in [3.8, 4) is 0 Å². The molecule has 2 aliphatic rings. The van der Waals surface area contributed by atoms with Gasteiger partial charge in [0.15, 0.2) is 0 Å². The van der Waals surface area contributed by atoms with Gasteiger partial charge in [0.2, 0.25) is 0 Å². The van der Waals surface area contributed by atoms with Crippen LogP contribution in [0.2, 0.25) is 0 Å². The van der Waals surface area contributed by atoms with E-state index in [0.29, 0.717) is 18.2 Å². The molecule has 1 saturated carbocycles. The highest BCUT2D eigenvalue weighted by atomic mass is 16.4. The van der Waals surface area contributed by atoms with E-state index in [9.17, 15) is 19.8 Å². The molecule has 0 aromatic carbocycles. The number of aliphatic carboxylic acids is 1. The standard InChI is InChI=1S/C14H16N2O4/c17-11(6-9-3-1-2-4-15-9)13(18)16-7-8-5-10(8)12(16)14(19)20/h1-4,8,10-12,17H,5-7H2,(H,19,20)/t8-,10-,11?,12-/m0/s1. The fourth-order valence-electron chi connectivity index (χ4n) is 3.00. The van der Waals surface area contributed by atoms with E-state index in [2.05, 4.69) is 4.98 Å². The number of carbonyl (C=O) groups is 2. The molecular formula is C14H16N2O4. The van der Waals surface area contributed by atoms with Crippen LogP contribution in [0.15, 0.2) is 24.4 Å². The summed E-state index contributed by atoms with van der Waals surface area (Å²) in [5.74, 6) is -1.12. The summed E-state index contributed by atoms with van der Waals surface area (Å²) < 4.78 is 0. The van der Waals surface area contributed by atoms with Gasteiger partial charge in [0, 0.05) is 24.9 Å². The monoisotopic (exact) mass is 276 g/mol. The summed E-state index contributed by atoms with van der Waals surface area (Å²) in [5.41, 5.74) is 0.615. The number of fused-ring (bicyclic) bond motifs is 1. The van der Waals surface area contributed by atoms with Crippen molar-refractivity contribution in [1.82, 2.24) is 9.88 Å². The third-order valence-corrected chi connectivity index (χ3v) is 4.10. The van der Waals surface area contributed by atoms with E-state index < -0.39 is 24.0 Å². The fourth-order valence-corrected chi connectivity index (χ4v) is 3.00. The van der Waals surface area contributed by atoms with Gasteiger partial charge in [-0.3, -0.25) is 9.78 Å². The molecule has 2 fully saturated rings. The summed E-state index contributed by atoms with van der Waals surface area (Å²) >= 11 is 0. The lowest BCUT2D eigenvalue weighted by molar-refractivity contribution is -0.153. The Bertz CT molecular complexity index is 533. The third-order valence-electron chi connectivity index (χ3n) is 4.10. The van der Waals surface area contributed by atoms with Crippen LogP contribution < -0.4 is 0 Å². The normalized spacial score (nSPS) is 28.9. The molecule has 0 bridgehead atoms. The molecule has 1 amide bonds. The predicted molar refractivity (Wildman–Crippen MR) is 68.7 cm³/mol. The molecule has 0 spiro atoms. The van der Waals surface area contributed by atoms with Crippen molar-refractivity contribution in [2.45, 2.75) is 25.0 Å². The smallest absolute Gasteiger partial charge is 0.326 e. The zero-order valence-corrected chi connectivity index (χ0v) is 10.8. The maximum absolute atomic E-state index is 12.2. The molecule has 0 radical (unpaired) electrons. The molecule has 1 aliphatic heterocycles. The number of aliphatic hydroxyl groups excluding tert-OH is 1. The van der Waals surface area contributed by atoms with Crippen LogP contribution in [0.1, 0.15) is 12.1 Å². The lowest BCUT2D eigenvalue weighted by Crippen LogP contribution is -2.48. The van der Waals surface area contributed by atoms with Gasteiger partial charge in [-0.25, -0.2) is 4.79 Å². The Hall–Kier alpha value is -1.95. The number of nitrogens with zero attached hydrogens (tertiary/aromatic N) is 2. The van der Waals surface area contributed by atoms with Crippen LogP contribution in [0.3, 0.4) is 0 Å². The number of hydrogen-bond donors (Lipinski definition) is 2. The molecule has 1 aromatic rings. The first kappa shape index (κ1) is 13.1. The second-order valence-electron chi connectivity index (χ2n) is 5.47. The Balaban J connectivity index is 1.68. The molecule has 1 aliphatic carbocycles. The van der Waals surface area contributed by atoms with Crippen LogP contribution in [0.25, 0.3) is 0 Å². The average Bonchev–Trinajstić information content (AvgIpc) is 3.08. The molecule has 2 heterocycles. The van der Waals surface area contributed by atoms with E-state index in [1.54, 1.807) is 24.4 Å². The first-order valence-electron chi connectivity index (χ1n) is 6.69. The summed E-state index contributed by atoms with van der Waals surface area (Å²) in [4.78, 5) is 28.8. The maximum atomic E-state index is 12.2. The highest BCUT2D eigenvalue weighted by molar-refractivity contribution is 5.87. The second kappa shape index (κ2) is 4.86. The highest BCUT2D eigenvalue weighted by Crippen LogP contribution is 2.49. The van der Waals surface area contributed by atoms with Gasteiger partial charge in [-0.15, -0.1) is 0 Å². The van der Waals surface area contributed by atoms with Crippen LogP contribution >= 0.6 is 0 Å². The number of rotatable bonds is 4. The fraction of sp³-hybridized carbons (Fsp3) is 0.500. The molecule has 6 nitrogen and oxygen atoms in total. The van der Waals surface area contributed by atoms with E-state index in [4.69, 9.17) is 0 Å². The predicted octanol–water partition coefficient (Wildman–Crippen LogP) is -0.0835. The number of likely N-dealkylation sites (tertiary alicyclic amines) is 1. The maximum Gasteiger partial charge on any atom is 0.326 e. The topological polar surface area (TPSA) is 90.7 Å². The summed E-state index contributed by atoms with van der Waals surface area (Å²) in [6.07, 6.45) is 1.34. The number of amides is 1. The van der Waals surface area contributed by atoms with Crippen LogP contribution in [-0.4, -0.2) is 50.7 Å². The first-order chi connectivity index (χ1) is 9.58. The number of hydrogen-bond acceptors (Lipinski definition) is 4. The van der Waals surface area contributed by atoms with Gasteiger partial charge in [-0.05, 0) is 30.4 Å². The van der Waals surface area contributed by atoms with Gasteiger partial charge < -0.3 is 15.1 Å². The number of carboxylic acids is 1. The van der Waals surface area contributed by atoms with E-state index in [0.717, 1.165) is 6.42 Å². The van der Waals surface area contributed by atoms with E-state index in [1.165, 1.54) is 4.90 Å².